The Morgan fingerprint density at radius 1 is 1.38 bits per heavy atom. The fourth-order valence-electron chi connectivity index (χ4n) is 3.79. The molecule has 2 heteroatoms. The van der Waals surface area contributed by atoms with E-state index in [1.807, 2.05) is 6.92 Å². The number of fused-ring (bicyclic) bond motifs is 1. The zero-order chi connectivity index (χ0) is 12.1. The lowest BCUT2D eigenvalue weighted by Crippen LogP contribution is -2.26. The van der Waals surface area contributed by atoms with Gasteiger partial charge in [-0.05, 0) is 37.0 Å². The van der Waals surface area contributed by atoms with E-state index in [2.05, 4.69) is 13.8 Å². The summed E-state index contributed by atoms with van der Waals surface area (Å²) in [5, 5.41) is 0. The highest BCUT2D eigenvalue weighted by molar-refractivity contribution is 5.89. The Morgan fingerprint density at radius 3 is 2.56 bits per heavy atom. The van der Waals surface area contributed by atoms with Crippen molar-refractivity contribution in [1.82, 2.24) is 0 Å². The Balaban J connectivity index is 2.21. The first-order valence-corrected chi connectivity index (χ1v) is 6.39. The molecule has 0 N–H and O–H groups in total. The van der Waals surface area contributed by atoms with Gasteiger partial charge in [0.15, 0.2) is 0 Å². The molecule has 2 aliphatic carbocycles. The van der Waals surface area contributed by atoms with Crippen LogP contribution < -0.4 is 0 Å². The summed E-state index contributed by atoms with van der Waals surface area (Å²) in [6, 6.07) is 0. The van der Waals surface area contributed by atoms with Crippen molar-refractivity contribution in [3.05, 3.63) is 0 Å². The molecule has 0 radical (unpaired) electrons. The Hall–Kier alpha value is -0.660. The standard InChI is InChI=1S/C14H22O2/c1-8-5-6-11-12(14(11,3)4)10(13(8)16)7-9(2)15/h8,10-12H,5-7H2,1-4H3/t8-,10+,11-,12+/m1/s1. The minimum atomic E-state index is 0.00926. The van der Waals surface area contributed by atoms with Crippen LogP contribution in [0.25, 0.3) is 0 Å². The summed E-state index contributed by atoms with van der Waals surface area (Å²) >= 11 is 0. The van der Waals surface area contributed by atoms with Gasteiger partial charge in [-0.1, -0.05) is 20.8 Å². The van der Waals surface area contributed by atoms with Crippen molar-refractivity contribution in [2.45, 2.75) is 47.0 Å². The van der Waals surface area contributed by atoms with E-state index in [0.29, 0.717) is 24.0 Å². The molecule has 2 saturated carbocycles. The Labute approximate surface area is 97.8 Å². The summed E-state index contributed by atoms with van der Waals surface area (Å²) in [7, 11) is 0. The fourth-order valence-corrected chi connectivity index (χ4v) is 3.79. The molecule has 2 nitrogen and oxygen atoms in total. The lowest BCUT2D eigenvalue weighted by atomic mass is 9.83. The van der Waals surface area contributed by atoms with E-state index in [9.17, 15) is 9.59 Å². The van der Waals surface area contributed by atoms with Crippen LogP contribution >= 0.6 is 0 Å². The average Bonchev–Trinajstić information content (AvgIpc) is 2.74. The van der Waals surface area contributed by atoms with E-state index in [-0.39, 0.29) is 23.0 Å². The van der Waals surface area contributed by atoms with Gasteiger partial charge in [0.1, 0.15) is 11.6 Å². The van der Waals surface area contributed by atoms with Gasteiger partial charge in [0.05, 0.1) is 0 Å². The minimum absolute atomic E-state index is 0.00926. The average molecular weight is 222 g/mol. The van der Waals surface area contributed by atoms with E-state index in [4.69, 9.17) is 0 Å². The van der Waals surface area contributed by atoms with Gasteiger partial charge >= 0.3 is 0 Å². The Bertz CT molecular complexity index is 330. The number of ketones is 2. The van der Waals surface area contributed by atoms with Gasteiger partial charge < -0.3 is 4.79 Å². The predicted octanol–water partition coefficient (Wildman–Crippen LogP) is 2.85. The first-order chi connectivity index (χ1) is 7.35. The first kappa shape index (κ1) is 11.8. The van der Waals surface area contributed by atoms with E-state index >= 15 is 0 Å². The molecule has 16 heavy (non-hydrogen) atoms. The van der Waals surface area contributed by atoms with Crippen LogP contribution in [-0.4, -0.2) is 11.6 Å². The van der Waals surface area contributed by atoms with Crippen LogP contribution in [0, 0.1) is 29.1 Å². The summed E-state index contributed by atoms with van der Waals surface area (Å²) in [6.07, 6.45) is 2.64. The fraction of sp³-hybridized carbons (Fsp3) is 0.857. The molecule has 0 spiro atoms. The molecule has 0 aromatic heterocycles. The Kier molecular flexibility index (Phi) is 2.72. The van der Waals surface area contributed by atoms with Crippen LogP contribution in [-0.2, 0) is 9.59 Å². The third-order valence-electron chi connectivity index (χ3n) is 4.84. The summed E-state index contributed by atoms with van der Waals surface area (Å²) < 4.78 is 0. The maximum atomic E-state index is 12.3. The molecule has 0 heterocycles. The van der Waals surface area contributed by atoms with E-state index < -0.39 is 0 Å². The smallest absolute Gasteiger partial charge is 0.139 e. The molecule has 2 aliphatic rings. The molecule has 4 atom stereocenters. The highest BCUT2D eigenvalue weighted by atomic mass is 16.1. The van der Waals surface area contributed by atoms with Gasteiger partial charge in [0.2, 0.25) is 0 Å². The summed E-state index contributed by atoms with van der Waals surface area (Å²) in [4.78, 5) is 23.6. The third kappa shape index (κ3) is 1.72. The molecular weight excluding hydrogens is 200 g/mol. The molecule has 90 valence electrons. The number of Topliss-reactive ketones (excluding diaryl/α,β-unsaturated/α-hetero) is 2. The van der Waals surface area contributed by atoms with E-state index in [1.54, 1.807) is 6.92 Å². The molecule has 2 fully saturated rings. The quantitative estimate of drug-likeness (QED) is 0.720. The number of rotatable bonds is 2. The van der Waals surface area contributed by atoms with Crippen molar-refractivity contribution < 1.29 is 9.59 Å². The van der Waals surface area contributed by atoms with Gasteiger partial charge in [0.25, 0.3) is 0 Å². The van der Waals surface area contributed by atoms with Crippen molar-refractivity contribution in [2.24, 2.45) is 29.1 Å². The monoisotopic (exact) mass is 222 g/mol. The second kappa shape index (κ2) is 3.68. The number of carbonyl (C=O) groups is 2. The van der Waals surface area contributed by atoms with Crippen molar-refractivity contribution >= 4 is 11.6 Å². The van der Waals surface area contributed by atoms with Crippen LogP contribution in [0.15, 0.2) is 0 Å². The lowest BCUT2D eigenvalue weighted by Gasteiger charge is -2.19. The third-order valence-corrected chi connectivity index (χ3v) is 4.84. The molecular formula is C14H22O2. The lowest BCUT2D eigenvalue weighted by molar-refractivity contribution is -0.130. The molecule has 0 aromatic rings. The van der Waals surface area contributed by atoms with E-state index in [1.165, 1.54) is 6.42 Å². The highest BCUT2D eigenvalue weighted by Gasteiger charge is 2.62. The second-order valence-electron chi connectivity index (χ2n) is 6.35. The summed E-state index contributed by atoms with van der Waals surface area (Å²) in [5.41, 5.74) is 0.288. The summed E-state index contributed by atoms with van der Waals surface area (Å²) in [6.45, 7) is 8.12. The van der Waals surface area contributed by atoms with Gasteiger partial charge in [0, 0.05) is 18.3 Å². The topological polar surface area (TPSA) is 34.1 Å². The maximum absolute atomic E-state index is 12.3. The van der Waals surface area contributed by atoms with Crippen molar-refractivity contribution in [3.63, 3.8) is 0 Å². The molecule has 0 aliphatic heterocycles. The van der Waals surface area contributed by atoms with Crippen molar-refractivity contribution in [2.75, 3.05) is 0 Å². The van der Waals surface area contributed by atoms with Crippen LogP contribution in [0.2, 0.25) is 0 Å². The minimum Gasteiger partial charge on any atom is -0.300 e. The molecule has 0 unspecified atom stereocenters. The zero-order valence-corrected chi connectivity index (χ0v) is 10.7. The maximum Gasteiger partial charge on any atom is 0.139 e. The van der Waals surface area contributed by atoms with Crippen LogP contribution in [0.5, 0.6) is 0 Å². The first-order valence-electron chi connectivity index (χ1n) is 6.39. The predicted molar refractivity (Wildman–Crippen MR) is 63.0 cm³/mol. The van der Waals surface area contributed by atoms with Crippen molar-refractivity contribution in [1.29, 1.82) is 0 Å². The second-order valence-corrected chi connectivity index (χ2v) is 6.35. The zero-order valence-electron chi connectivity index (χ0n) is 10.7. The van der Waals surface area contributed by atoms with Gasteiger partial charge in [-0.15, -0.1) is 0 Å². The van der Waals surface area contributed by atoms with Crippen LogP contribution in [0.4, 0.5) is 0 Å². The van der Waals surface area contributed by atoms with Gasteiger partial charge in [-0.2, -0.15) is 0 Å². The van der Waals surface area contributed by atoms with Crippen LogP contribution in [0.1, 0.15) is 47.0 Å². The number of carbonyl (C=O) groups excluding carboxylic acids is 2. The van der Waals surface area contributed by atoms with E-state index in [0.717, 1.165) is 6.42 Å². The molecule has 0 bridgehead atoms. The molecule has 2 rings (SSSR count). The molecule has 0 saturated heterocycles. The largest absolute Gasteiger partial charge is 0.300 e. The normalized spacial score (nSPS) is 41.1. The molecule has 0 amide bonds. The van der Waals surface area contributed by atoms with Gasteiger partial charge in [-0.3, -0.25) is 4.79 Å². The molecule has 0 aromatic carbocycles. The Morgan fingerprint density at radius 2 is 2.00 bits per heavy atom. The van der Waals surface area contributed by atoms with Crippen LogP contribution in [0.3, 0.4) is 0 Å². The van der Waals surface area contributed by atoms with Crippen molar-refractivity contribution in [3.8, 4) is 0 Å². The highest BCUT2D eigenvalue weighted by Crippen LogP contribution is 2.66. The van der Waals surface area contributed by atoms with Gasteiger partial charge in [-0.25, -0.2) is 0 Å². The summed E-state index contributed by atoms with van der Waals surface area (Å²) in [5.74, 6) is 1.81. The number of hydrogen-bond donors (Lipinski definition) is 0. The number of hydrogen-bond acceptors (Lipinski definition) is 2. The SMILES string of the molecule is CC(=O)C[C@@H]1C(=O)[C@H](C)CC[C@@H]2[C@H]1C2(C)C.